The van der Waals surface area contributed by atoms with E-state index in [0.717, 1.165) is 5.56 Å². The van der Waals surface area contributed by atoms with Crippen LogP contribution in [0.2, 0.25) is 0 Å². The van der Waals surface area contributed by atoms with Crippen LogP contribution in [0.4, 0.5) is 11.4 Å². The predicted octanol–water partition coefficient (Wildman–Crippen LogP) is 4.91. The molecule has 4 rings (SSSR count). The van der Waals surface area contributed by atoms with Crippen molar-refractivity contribution < 1.29 is 17.9 Å². The molecule has 0 bridgehead atoms. The van der Waals surface area contributed by atoms with Crippen molar-refractivity contribution in [2.45, 2.75) is 11.8 Å². The van der Waals surface area contributed by atoms with E-state index in [4.69, 9.17) is 4.42 Å². The fourth-order valence-corrected chi connectivity index (χ4v) is 3.91. The van der Waals surface area contributed by atoms with E-state index in [1.165, 1.54) is 6.21 Å². The van der Waals surface area contributed by atoms with E-state index in [0.29, 0.717) is 16.9 Å². The number of nitrogens with zero attached hydrogens (tertiary/aromatic N) is 2. The van der Waals surface area contributed by atoms with Gasteiger partial charge in [0.25, 0.3) is 10.0 Å². The number of para-hydroxylation sites is 2. The van der Waals surface area contributed by atoms with Crippen LogP contribution in [0.15, 0.2) is 93.2 Å². The number of sulfonamides is 1. The van der Waals surface area contributed by atoms with Crippen LogP contribution >= 0.6 is 0 Å². The Morgan fingerprint density at radius 1 is 0.968 bits per heavy atom. The summed E-state index contributed by atoms with van der Waals surface area (Å²) in [5.41, 5.74) is 2.47. The van der Waals surface area contributed by atoms with Crippen LogP contribution in [0.25, 0.3) is 11.5 Å². The summed E-state index contributed by atoms with van der Waals surface area (Å²) >= 11 is 0. The van der Waals surface area contributed by atoms with Gasteiger partial charge in [-0.2, -0.15) is 0 Å². The summed E-state index contributed by atoms with van der Waals surface area (Å²) in [4.78, 5) is 8.70. The summed E-state index contributed by atoms with van der Waals surface area (Å²) in [6.07, 6.45) is 1.32. The average Bonchev–Trinajstić information content (AvgIpc) is 3.14. The third-order valence-electron chi connectivity index (χ3n) is 4.46. The Bertz CT molecular complexity index is 1330. The van der Waals surface area contributed by atoms with E-state index < -0.39 is 10.0 Å². The second-order valence-electron chi connectivity index (χ2n) is 6.77. The number of aromatic nitrogens is 1. The zero-order valence-corrected chi connectivity index (χ0v) is 17.4. The van der Waals surface area contributed by atoms with Gasteiger partial charge in [-0.15, -0.1) is 0 Å². The van der Waals surface area contributed by atoms with Gasteiger partial charge in [0.15, 0.2) is 5.69 Å². The lowest BCUT2D eigenvalue weighted by atomic mass is 10.2. The lowest BCUT2D eigenvalue weighted by molar-refractivity contribution is 0.337. The predicted molar refractivity (Wildman–Crippen MR) is 119 cm³/mol. The molecule has 3 aromatic carbocycles. The Balaban J connectivity index is 1.60. The van der Waals surface area contributed by atoms with Crippen LogP contribution in [-0.4, -0.2) is 24.7 Å². The summed E-state index contributed by atoms with van der Waals surface area (Å²) < 4.78 is 33.3. The quantitative estimate of drug-likeness (QED) is 0.421. The normalized spacial score (nSPS) is 11.6. The van der Waals surface area contributed by atoms with Crippen molar-refractivity contribution in [2.24, 2.45) is 4.99 Å². The monoisotopic (exact) mass is 433 g/mol. The molecule has 0 amide bonds. The molecule has 7 nitrogen and oxygen atoms in total. The molecule has 0 unspecified atom stereocenters. The first kappa shape index (κ1) is 20.4. The number of hydrogen-bond acceptors (Lipinski definition) is 6. The molecular weight excluding hydrogens is 414 g/mol. The van der Waals surface area contributed by atoms with Gasteiger partial charge in [0.05, 0.1) is 22.5 Å². The van der Waals surface area contributed by atoms with Crippen molar-refractivity contribution in [1.29, 1.82) is 0 Å². The van der Waals surface area contributed by atoms with Crippen molar-refractivity contribution >= 4 is 27.6 Å². The number of aryl methyl sites for hydroxylation is 1. The molecule has 0 spiro atoms. The van der Waals surface area contributed by atoms with Crippen LogP contribution < -0.4 is 4.72 Å². The van der Waals surface area contributed by atoms with Crippen LogP contribution in [0.3, 0.4) is 0 Å². The van der Waals surface area contributed by atoms with Crippen molar-refractivity contribution in [2.75, 3.05) is 4.72 Å². The maximum Gasteiger partial charge on any atom is 0.312 e. The van der Waals surface area contributed by atoms with Gasteiger partial charge in [0, 0.05) is 5.56 Å². The number of aliphatic imine (C=N–C) groups is 1. The number of benzene rings is 3. The fraction of sp³-hybridized carbons (Fsp3) is 0.0435. The second kappa shape index (κ2) is 8.45. The highest BCUT2D eigenvalue weighted by Gasteiger charge is 2.16. The molecule has 0 saturated heterocycles. The maximum absolute atomic E-state index is 12.7. The van der Waals surface area contributed by atoms with Gasteiger partial charge in [-0.3, -0.25) is 9.71 Å². The van der Waals surface area contributed by atoms with Gasteiger partial charge in [0.1, 0.15) is 0 Å². The van der Waals surface area contributed by atoms with Crippen molar-refractivity contribution in [3.05, 3.63) is 90.1 Å². The largest absolute Gasteiger partial charge is 0.479 e. The molecule has 31 heavy (non-hydrogen) atoms. The van der Waals surface area contributed by atoms with E-state index >= 15 is 0 Å². The van der Waals surface area contributed by atoms with E-state index in [1.807, 2.05) is 25.1 Å². The highest BCUT2D eigenvalue weighted by molar-refractivity contribution is 7.92. The van der Waals surface area contributed by atoms with Crippen molar-refractivity contribution in [1.82, 2.24) is 4.98 Å². The zero-order valence-electron chi connectivity index (χ0n) is 16.6. The van der Waals surface area contributed by atoms with Gasteiger partial charge in [0.2, 0.25) is 5.89 Å². The Kier molecular flexibility index (Phi) is 5.55. The summed E-state index contributed by atoms with van der Waals surface area (Å²) in [5.74, 6) is -0.117. The first-order valence-electron chi connectivity index (χ1n) is 9.40. The van der Waals surface area contributed by atoms with Gasteiger partial charge in [-0.1, -0.05) is 48.0 Å². The Morgan fingerprint density at radius 2 is 1.65 bits per heavy atom. The van der Waals surface area contributed by atoms with Crippen LogP contribution in [-0.2, 0) is 10.0 Å². The minimum atomic E-state index is -3.78. The van der Waals surface area contributed by atoms with Gasteiger partial charge in [-0.25, -0.2) is 13.4 Å². The minimum absolute atomic E-state index is 0.134. The van der Waals surface area contributed by atoms with Crippen LogP contribution in [0.5, 0.6) is 5.95 Å². The highest BCUT2D eigenvalue weighted by Crippen LogP contribution is 2.29. The molecule has 0 aliphatic rings. The third-order valence-corrected chi connectivity index (χ3v) is 5.84. The molecule has 1 heterocycles. The van der Waals surface area contributed by atoms with E-state index in [-0.39, 0.29) is 22.4 Å². The molecule has 0 radical (unpaired) electrons. The summed E-state index contributed by atoms with van der Waals surface area (Å²) in [6.45, 7) is 1.89. The van der Waals surface area contributed by atoms with Gasteiger partial charge >= 0.3 is 5.95 Å². The smallest absolute Gasteiger partial charge is 0.312 e. The topological polar surface area (TPSA) is 105 Å². The number of rotatable bonds is 6. The van der Waals surface area contributed by atoms with Gasteiger partial charge < -0.3 is 9.52 Å². The summed E-state index contributed by atoms with van der Waals surface area (Å²) in [5, 5.41) is 10.1. The first-order chi connectivity index (χ1) is 14.9. The number of nitrogens with one attached hydrogen (secondary N) is 1. The van der Waals surface area contributed by atoms with Gasteiger partial charge in [-0.05, 0) is 43.3 Å². The highest BCUT2D eigenvalue weighted by atomic mass is 32.2. The molecule has 8 heteroatoms. The lowest BCUT2D eigenvalue weighted by Crippen LogP contribution is -2.13. The molecular formula is C23H19N3O4S. The maximum atomic E-state index is 12.7. The molecule has 0 atom stereocenters. The lowest BCUT2D eigenvalue weighted by Gasteiger charge is -2.10. The van der Waals surface area contributed by atoms with Crippen LogP contribution in [0, 0.1) is 6.92 Å². The molecule has 2 N–H and O–H groups in total. The average molecular weight is 433 g/mol. The summed E-state index contributed by atoms with van der Waals surface area (Å²) in [6, 6.07) is 22.4. The third kappa shape index (κ3) is 4.65. The SMILES string of the molecule is Cc1ccc(S(=O)(=O)Nc2ccccc2N=Cc2nc(-c3ccccc3)oc2O)cc1. The Morgan fingerprint density at radius 3 is 2.39 bits per heavy atom. The second-order valence-corrected chi connectivity index (χ2v) is 8.45. The fourth-order valence-electron chi connectivity index (χ4n) is 2.84. The van der Waals surface area contributed by atoms with Crippen molar-refractivity contribution in [3.63, 3.8) is 0 Å². The molecule has 0 fully saturated rings. The number of hydrogen-bond donors (Lipinski definition) is 2. The standard InChI is InChI=1S/C23H19N3O4S/c1-16-11-13-18(14-12-16)31(28,29)26-20-10-6-5-9-19(20)24-15-21-23(27)30-22(25-21)17-7-3-2-4-8-17/h2-15,26-27H,1H3. The van der Waals surface area contributed by atoms with E-state index in [9.17, 15) is 13.5 Å². The molecule has 1 aromatic heterocycles. The number of anilines is 1. The van der Waals surface area contributed by atoms with Crippen molar-refractivity contribution in [3.8, 4) is 17.4 Å². The molecule has 156 valence electrons. The molecule has 4 aromatic rings. The molecule has 0 aliphatic carbocycles. The van der Waals surface area contributed by atoms with Crippen LogP contribution in [0.1, 0.15) is 11.3 Å². The first-order valence-corrected chi connectivity index (χ1v) is 10.9. The van der Waals surface area contributed by atoms with E-state index in [2.05, 4.69) is 14.7 Å². The molecule has 0 aliphatic heterocycles. The number of aromatic hydroxyl groups is 1. The zero-order chi connectivity index (χ0) is 21.8. The number of oxazole rings is 1. The minimum Gasteiger partial charge on any atom is -0.479 e. The Hall–Kier alpha value is -3.91. The molecule has 0 saturated carbocycles. The van der Waals surface area contributed by atoms with E-state index in [1.54, 1.807) is 60.7 Å². The Labute approximate surface area is 179 Å². The summed E-state index contributed by atoms with van der Waals surface area (Å²) in [7, 11) is -3.78.